The van der Waals surface area contributed by atoms with Gasteiger partial charge in [-0.3, -0.25) is 4.98 Å². The van der Waals surface area contributed by atoms with Crippen molar-refractivity contribution in [1.29, 1.82) is 0 Å². The van der Waals surface area contributed by atoms with Gasteiger partial charge in [0.2, 0.25) is 0 Å². The third-order valence-corrected chi connectivity index (χ3v) is 5.42. The summed E-state index contributed by atoms with van der Waals surface area (Å²) in [4.78, 5) is 4.26. The molecule has 0 aliphatic heterocycles. The Bertz CT molecular complexity index is 1210. The van der Waals surface area contributed by atoms with Crippen LogP contribution in [-0.2, 0) is 12.7 Å². The number of hydrogen-bond acceptors (Lipinski definition) is 6. The molecule has 2 N–H and O–H groups in total. The van der Waals surface area contributed by atoms with Crippen LogP contribution in [0.5, 0.6) is 5.75 Å². The van der Waals surface area contributed by atoms with E-state index in [0.29, 0.717) is 28.9 Å². The van der Waals surface area contributed by atoms with Crippen LogP contribution in [0.2, 0.25) is 0 Å². The normalized spacial score (nSPS) is 11.5. The van der Waals surface area contributed by atoms with Crippen molar-refractivity contribution in [1.82, 2.24) is 9.36 Å². The summed E-state index contributed by atoms with van der Waals surface area (Å²) >= 11 is 1.11. The van der Waals surface area contributed by atoms with E-state index < -0.39 is 17.6 Å². The maximum Gasteiger partial charge on any atom is 0.416 e. The van der Waals surface area contributed by atoms with E-state index in [1.807, 2.05) is 24.3 Å². The van der Waals surface area contributed by atoms with Gasteiger partial charge in [-0.15, -0.1) is 0 Å². The molecule has 0 bridgehead atoms. The summed E-state index contributed by atoms with van der Waals surface area (Å²) in [5, 5.41) is 5.94. The Morgan fingerprint density at radius 1 is 1.03 bits per heavy atom. The van der Waals surface area contributed by atoms with E-state index in [2.05, 4.69) is 20.0 Å². The maximum atomic E-state index is 14.1. The number of rotatable bonds is 6. The summed E-state index contributed by atoms with van der Waals surface area (Å²) in [7, 11) is 1.60. The first kappa shape index (κ1) is 20.9. The van der Waals surface area contributed by atoms with E-state index in [-0.39, 0.29) is 11.5 Å². The second-order valence-electron chi connectivity index (χ2n) is 6.59. The Morgan fingerprint density at radius 3 is 2.52 bits per heavy atom. The molecule has 0 radical (unpaired) electrons. The number of pyridine rings is 1. The highest BCUT2D eigenvalue weighted by atomic mass is 32.1. The first-order chi connectivity index (χ1) is 14.8. The Balaban J connectivity index is 1.57. The molecule has 0 aliphatic rings. The number of nitrogens with one attached hydrogen (secondary N) is 2. The molecule has 0 saturated heterocycles. The Hall–Kier alpha value is -3.40. The van der Waals surface area contributed by atoms with Crippen LogP contribution >= 0.6 is 11.5 Å². The Kier molecular flexibility index (Phi) is 5.64. The maximum absolute atomic E-state index is 14.1. The fourth-order valence-corrected chi connectivity index (χ4v) is 3.72. The van der Waals surface area contributed by atoms with Gasteiger partial charge in [0.15, 0.2) is 5.82 Å². The molecule has 0 fully saturated rings. The molecule has 5 nitrogen and oxygen atoms in total. The Labute approximate surface area is 178 Å². The number of methoxy groups -OCH3 is 1. The molecule has 31 heavy (non-hydrogen) atoms. The van der Waals surface area contributed by atoms with Crippen LogP contribution in [0, 0.1) is 5.82 Å². The fraction of sp³-hybridized carbons (Fsp3) is 0.143. The van der Waals surface area contributed by atoms with Crippen molar-refractivity contribution < 1.29 is 22.3 Å². The molecule has 0 saturated carbocycles. The monoisotopic (exact) mass is 448 g/mol. The number of benzene rings is 2. The fourth-order valence-electron chi connectivity index (χ4n) is 2.93. The Morgan fingerprint density at radius 2 is 1.81 bits per heavy atom. The molecule has 10 heteroatoms. The van der Waals surface area contributed by atoms with Crippen LogP contribution in [0.25, 0.3) is 10.2 Å². The van der Waals surface area contributed by atoms with Crippen LogP contribution < -0.4 is 15.4 Å². The van der Waals surface area contributed by atoms with E-state index in [0.717, 1.165) is 34.6 Å². The first-order valence-electron chi connectivity index (χ1n) is 9.10. The molecule has 0 spiro atoms. The second kappa shape index (κ2) is 8.38. The molecular formula is C21H16F4N4OS. The van der Waals surface area contributed by atoms with Gasteiger partial charge < -0.3 is 15.4 Å². The zero-order chi connectivity index (χ0) is 22.0. The highest BCUT2D eigenvalue weighted by Crippen LogP contribution is 2.36. The smallest absolute Gasteiger partial charge is 0.416 e. The molecule has 2 aromatic heterocycles. The summed E-state index contributed by atoms with van der Waals surface area (Å²) in [6.45, 7) is 0.534. The summed E-state index contributed by atoms with van der Waals surface area (Å²) in [5.41, 5.74) is 0.947. The average Bonchev–Trinajstić information content (AvgIpc) is 3.17. The number of anilines is 3. The largest absolute Gasteiger partial charge is 0.497 e. The van der Waals surface area contributed by atoms with Gasteiger partial charge >= 0.3 is 6.18 Å². The van der Waals surface area contributed by atoms with E-state index in [1.165, 1.54) is 0 Å². The van der Waals surface area contributed by atoms with Crippen molar-refractivity contribution in [2.45, 2.75) is 12.7 Å². The lowest BCUT2D eigenvalue weighted by molar-refractivity contribution is -0.137. The van der Waals surface area contributed by atoms with Crippen LogP contribution in [-0.4, -0.2) is 16.5 Å². The molecule has 0 atom stereocenters. The highest BCUT2D eigenvalue weighted by Gasteiger charge is 2.31. The van der Waals surface area contributed by atoms with Gasteiger partial charge in [0.1, 0.15) is 17.1 Å². The molecule has 0 unspecified atom stereocenters. The number of alkyl halides is 3. The molecule has 0 amide bonds. The molecule has 4 aromatic rings. The van der Waals surface area contributed by atoms with Crippen molar-refractivity contribution in [2.75, 3.05) is 17.7 Å². The zero-order valence-corrected chi connectivity index (χ0v) is 16.9. The lowest BCUT2D eigenvalue weighted by Gasteiger charge is -2.11. The molecule has 2 heterocycles. The van der Waals surface area contributed by atoms with Crippen molar-refractivity contribution in [3.63, 3.8) is 0 Å². The summed E-state index contributed by atoms with van der Waals surface area (Å²) < 4.78 is 63.0. The number of aromatic nitrogens is 2. The quantitative estimate of drug-likeness (QED) is 0.343. The number of nitrogens with zero attached hydrogens (tertiary/aromatic N) is 2. The summed E-state index contributed by atoms with van der Waals surface area (Å²) in [6.07, 6.45) is -3.02. The average molecular weight is 448 g/mol. The summed E-state index contributed by atoms with van der Waals surface area (Å²) in [6, 6.07) is 11.5. The third kappa shape index (κ3) is 4.53. The topological polar surface area (TPSA) is 59.1 Å². The lowest BCUT2D eigenvalue weighted by atomic mass is 10.2. The van der Waals surface area contributed by atoms with Crippen LogP contribution in [0.3, 0.4) is 0 Å². The van der Waals surface area contributed by atoms with Crippen molar-refractivity contribution in [2.24, 2.45) is 0 Å². The van der Waals surface area contributed by atoms with Crippen molar-refractivity contribution in [3.05, 3.63) is 71.7 Å². The minimum absolute atomic E-state index is 0.186. The number of ether oxygens (including phenoxy) is 1. The molecular weight excluding hydrogens is 432 g/mol. The first-order valence-corrected chi connectivity index (χ1v) is 9.87. The summed E-state index contributed by atoms with van der Waals surface area (Å²) in [5.74, 6) is 0.129. The molecule has 160 valence electrons. The zero-order valence-electron chi connectivity index (χ0n) is 16.1. The predicted molar refractivity (Wildman–Crippen MR) is 112 cm³/mol. The molecule has 2 aromatic carbocycles. The number of hydrogen-bond donors (Lipinski definition) is 2. The minimum Gasteiger partial charge on any atom is -0.497 e. The standard InChI is InChI=1S/C21H16F4N4OS/c1-30-14-5-2-12(3-6-14)11-27-16-8-9-26-18-19(16)31-29-20(18)28-17-10-13(21(23,24)25)4-7-15(17)22/h2-10H,11H2,1H3,(H,26,27)(H,28,29). The highest BCUT2D eigenvalue weighted by molar-refractivity contribution is 7.14. The van der Waals surface area contributed by atoms with Gasteiger partial charge in [-0.1, -0.05) is 12.1 Å². The van der Waals surface area contributed by atoms with Gasteiger partial charge in [-0.25, -0.2) is 4.39 Å². The predicted octanol–water partition coefficient (Wildman–Crippen LogP) is 6.21. The van der Waals surface area contributed by atoms with E-state index in [1.54, 1.807) is 19.4 Å². The van der Waals surface area contributed by atoms with Gasteiger partial charge in [-0.05, 0) is 53.5 Å². The minimum atomic E-state index is -4.58. The van der Waals surface area contributed by atoms with Crippen LogP contribution in [0.4, 0.5) is 34.8 Å². The second-order valence-corrected chi connectivity index (χ2v) is 7.36. The van der Waals surface area contributed by atoms with Crippen molar-refractivity contribution >= 4 is 38.9 Å². The van der Waals surface area contributed by atoms with Crippen LogP contribution in [0.1, 0.15) is 11.1 Å². The SMILES string of the molecule is COc1ccc(CNc2ccnc3c(Nc4cc(C(F)(F)F)ccc4F)nsc23)cc1. The van der Waals surface area contributed by atoms with Gasteiger partial charge in [0.25, 0.3) is 0 Å². The number of fused-ring (bicyclic) bond motifs is 1. The third-order valence-electron chi connectivity index (χ3n) is 4.55. The van der Waals surface area contributed by atoms with Gasteiger partial charge in [0.05, 0.1) is 28.7 Å². The van der Waals surface area contributed by atoms with E-state index >= 15 is 0 Å². The van der Waals surface area contributed by atoms with E-state index in [4.69, 9.17) is 4.74 Å². The van der Waals surface area contributed by atoms with Crippen LogP contribution in [0.15, 0.2) is 54.7 Å². The van der Waals surface area contributed by atoms with E-state index in [9.17, 15) is 17.6 Å². The van der Waals surface area contributed by atoms with Crippen molar-refractivity contribution in [3.8, 4) is 5.75 Å². The molecule has 0 aliphatic carbocycles. The van der Waals surface area contributed by atoms with Gasteiger partial charge in [-0.2, -0.15) is 17.5 Å². The lowest BCUT2D eigenvalue weighted by Crippen LogP contribution is -2.06. The van der Waals surface area contributed by atoms with Gasteiger partial charge in [0, 0.05) is 12.7 Å². The number of halogens is 4. The molecule has 4 rings (SSSR count).